The van der Waals surface area contributed by atoms with Crippen molar-refractivity contribution in [3.8, 4) is 11.5 Å². The molecule has 1 aliphatic rings. The molecule has 0 saturated heterocycles. The molecule has 0 aromatic heterocycles. The maximum atomic E-state index is 14.0. The number of esters is 1. The van der Waals surface area contributed by atoms with E-state index in [2.05, 4.69) is 4.99 Å². The lowest BCUT2D eigenvalue weighted by Crippen LogP contribution is -2.07. The Balaban J connectivity index is 1.54. The molecule has 4 rings (SSSR count). The molecule has 0 radical (unpaired) electrons. The van der Waals surface area contributed by atoms with Gasteiger partial charge < -0.3 is 14.2 Å². The van der Waals surface area contributed by atoms with Crippen LogP contribution in [0.4, 0.5) is 4.39 Å². The summed E-state index contributed by atoms with van der Waals surface area (Å²) in [5, 5.41) is 0. The number of benzene rings is 3. The van der Waals surface area contributed by atoms with Crippen LogP contribution in [0.2, 0.25) is 0 Å². The second kappa shape index (κ2) is 8.83. The van der Waals surface area contributed by atoms with E-state index in [4.69, 9.17) is 14.2 Å². The molecule has 0 saturated carbocycles. The van der Waals surface area contributed by atoms with E-state index in [9.17, 15) is 9.18 Å². The minimum atomic E-state index is -0.642. The summed E-state index contributed by atoms with van der Waals surface area (Å²) in [5.41, 5.74) is 3.11. The van der Waals surface area contributed by atoms with Crippen LogP contribution in [0.5, 0.6) is 11.5 Å². The molecular weight excluding hydrogens is 397 g/mol. The molecule has 156 valence electrons. The molecule has 0 atom stereocenters. The highest BCUT2D eigenvalue weighted by Gasteiger charge is 2.26. The van der Waals surface area contributed by atoms with Gasteiger partial charge in [0.2, 0.25) is 5.90 Å². The molecule has 0 unspecified atom stereocenters. The second-order valence-electron chi connectivity index (χ2n) is 7.00. The van der Waals surface area contributed by atoms with Crippen molar-refractivity contribution in [1.82, 2.24) is 0 Å². The Morgan fingerprint density at radius 2 is 1.81 bits per heavy atom. The second-order valence-corrected chi connectivity index (χ2v) is 7.00. The van der Waals surface area contributed by atoms with Crippen molar-refractivity contribution in [2.24, 2.45) is 4.99 Å². The summed E-state index contributed by atoms with van der Waals surface area (Å²) in [6.07, 6.45) is 1.56. The topological polar surface area (TPSA) is 57.1 Å². The first kappa shape index (κ1) is 20.3. The van der Waals surface area contributed by atoms with Crippen molar-refractivity contribution < 1.29 is 23.4 Å². The number of carbonyl (C=O) groups excluding carboxylic acids is 1. The SMILES string of the molecule is COc1cc(/C=C2\N=C(c3ccccc3F)OC2=O)ccc1OCc1ccc(C)cc1. The number of cyclic esters (lactones) is 1. The standard InChI is InChI=1S/C25H20FNO4/c1-16-7-9-17(10-8-16)15-30-22-12-11-18(14-23(22)29-2)13-21-25(28)31-24(27-21)19-5-3-4-6-20(19)26/h3-14H,15H2,1-2H3/b21-13-. The number of aryl methyl sites for hydroxylation is 1. The lowest BCUT2D eigenvalue weighted by Gasteiger charge is -2.11. The van der Waals surface area contributed by atoms with Crippen molar-refractivity contribution in [2.45, 2.75) is 13.5 Å². The van der Waals surface area contributed by atoms with Gasteiger partial charge in [-0.25, -0.2) is 14.2 Å². The van der Waals surface area contributed by atoms with E-state index in [0.29, 0.717) is 23.7 Å². The summed E-state index contributed by atoms with van der Waals surface area (Å²) in [7, 11) is 1.54. The van der Waals surface area contributed by atoms with Gasteiger partial charge in [0, 0.05) is 0 Å². The van der Waals surface area contributed by atoms with Gasteiger partial charge in [0.15, 0.2) is 17.2 Å². The van der Waals surface area contributed by atoms with Gasteiger partial charge in [0.1, 0.15) is 12.4 Å². The first-order chi connectivity index (χ1) is 15.0. The van der Waals surface area contributed by atoms with E-state index in [1.54, 1.807) is 43.5 Å². The molecular formula is C25H20FNO4. The zero-order valence-electron chi connectivity index (χ0n) is 17.1. The normalized spacial score (nSPS) is 14.4. The molecule has 31 heavy (non-hydrogen) atoms. The number of ether oxygens (including phenoxy) is 3. The molecule has 0 spiro atoms. The van der Waals surface area contributed by atoms with Crippen molar-refractivity contribution in [1.29, 1.82) is 0 Å². The van der Waals surface area contributed by atoms with E-state index < -0.39 is 11.8 Å². The van der Waals surface area contributed by atoms with Gasteiger partial charge in [-0.2, -0.15) is 0 Å². The summed E-state index contributed by atoms with van der Waals surface area (Å²) in [5.74, 6) is -0.107. The number of nitrogens with zero attached hydrogens (tertiary/aromatic N) is 1. The van der Waals surface area contributed by atoms with E-state index in [1.165, 1.54) is 17.7 Å². The minimum Gasteiger partial charge on any atom is -0.493 e. The van der Waals surface area contributed by atoms with Crippen molar-refractivity contribution in [3.05, 3.63) is 100 Å². The molecule has 3 aromatic rings. The summed E-state index contributed by atoms with van der Waals surface area (Å²) in [4.78, 5) is 16.3. The van der Waals surface area contributed by atoms with Gasteiger partial charge in [-0.3, -0.25) is 0 Å². The van der Waals surface area contributed by atoms with Crippen LogP contribution in [-0.4, -0.2) is 19.0 Å². The van der Waals surface area contributed by atoms with Crippen LogP contribution in [-0.2, 0) is 16.1 Å². The third-order valence-corrected chi connectivity index (χ3v) is 4.73. The van der Waals surface area contributed by atoms with Crippen LogP contribution >= 0.6 is 0 Å². The predicted octanol–water partition coefficient (Wildman–Crippen LogP) is 5.07. The number of hydrogen-bond donors (Lipinski definition) is 0. The quantitative estimate of drug-likeness (QED) is 0.415. The fraction of sp³-hybridized carbons (Fsp3) is 0.120. The first-order valence-corrected chi connectivity index (χ1v) is 9.67. The van der Waals surface area contributed by atoms with Gasteiger partial charge in [0.05, 0.1) is 12.7 Å². The molecule has 1 aliphatic heterocycles. The van der Waals surface area contributed by atoms with Crippen LogP contribution < -0.4 is 9.47 Å². The Labute approximate surface area is 179 Å². The average Bonchev–Trinajstić information content (AvgIpc) is 3.14. The molecule has 6 heteroatoms. The average molecular weight is 417 g/mol. The Hall–Kier alpha value is -3.93. The predicted molar refractivity (Wildman–Crippen MR) is 116 cm³/mol. The molecule has 0 N–H and O–H groups in total. The fourth-order valence-electron chi connectivity index (χ4n) is 3.06. The van der Waals surface area contributed by atoms with Gasteiger partial charge in [-0.05, 0) is 48.4 Å². The lowest BCUT2D eigenvalue weighted by atomic mass is 10.1. The van der Waals surface area contributed by atoms with Gasteiger partial charge >= 0.3 is 5.97 Å². The maximum absolute atomic E-state index is 14.0. The third kappa shape index (κ3) is 4.64. The Morgan fingerprint density at radius 1 is 1.03 bits per heavy atom. The van der Waals surface area contributed by atoms with Crippen molar-refractivity contribution >= 4 is 17.9 Å². The number of rotatable bonds is 6. The van der Waals surface area contributed by atoms with E-state index in [0.717, 1.165) is 5.56 Å². The molecule has 0 bridgehead atoms. The van der Waals surface area contributed by atoms with Crippen LogP contribution in [0.25, 0.3) is 6.08 Å². The Kier molecular flexibility index (Phi) is 5.80. The van der Waals surface area contributed by atoms with Gasteiger partial charge in [-0.1, -0.05) is 48.0 Å². The molecule has 3 aromatic carbocycles. The number of carbonyl (C=O) groups is 1. The summed E-state index contributed by atoms with van der Waals surface area (Å²) in [6.45, 7) is 2.43. The number of halogens is 1. The largest absolute Gasteiger partial charge is 0.493 e. The summed E-state index contributed by atoms with van der Waals surface area (Å²) in [6, 6.07) is 19.4. The Morgan fingerprint density at radius 3 is 2.55 bits per heavy atom. The van der Waals surface area contributed by atoms with Crippen molar-refractivity contribution in [3.63, 3.8) is 0 Å². The van der Waals surface area contributed by atoms with E-state index in [-0.39, 0.29) is 17.2 Å². The smallest absolute Gasteiger partial charge is 0.363 e. The minimum absolute atomic E-state index is 0.0561. The highest BCUT2D eigenvalue weighted by atomic mass is 19.1. The number of methoxy groups -OCH3 is 1. The summed E-state index contributed by atoms with van der Waals surface area (Å²) >= 11 is 0. The van der Waals surface area contributed by atoms with Crippen molar-refractivity contribution in [2.75, 3.05) is 7.11 Å². The van der Waals surface area contributed by atoms with E-state index >= 15 is 0 Å². The molecule has 0 amide bonds. The number of aliphatic imine (C=N–C) groups is 1. The molecule has 0 aliphatic carbocycles. The third-order valence-electron chi connectivity index (χ3n) is 4.73. The zero-order valence-corrected chi connectivity index (χ0v) is 17.1. The van der Waals surface area contributed by atoms with Crippen LogP contribution in [0.15, 0.2) is 77.4 Å². The first-order valence-electron chi connectivity index (χ1n) is 9.67. The Bertz CT molecular complexity index is 1180. The molecule has 5 nitrogen and oxygen atoms in total. The van der Waals surface area contributed by atoms with Gasteiger partial charge in [-0.15, -0.1) is 0 Å². The number of hydrogen-bond acceptors (Lipinski definition) is 5. The maximum Gasteiger partial charge on any atom is 0.363 e. The van der Waals surface area contributed by atoms with E-state index in [1.807, 2.05) is 31.2 Å². The van der Waals surface area contributed by atoms with Gasteiger partial charge in [0.25, 0.3) is 0 Å². The zero-order chi connectivity index (χ0) is 21.8. The highest BCUT2D eigenvalue weighted by Crippen LogP contribution is 2.30. The fourth-order valence-corrected chi connectivity index (χ4v) is 3.06. The van der Waals surface area contributed by atoms with Crippen LogP contribution in [0.1, 0.15) is 22.3 Å². The van der Waals surface area contributed by atoms with Crippen LogP contribution in [0.3, 0.4) is 0 Å². The van der Waals surface area contributed by atoms with Crippen LogP contribution in [0, 0.1) is 12.7 Å². The molecule has 1 heterocycles. The lowest BCUT2D eigenvalue weighted by molar-refractivity contribution is -0.129. The highest BCUT2D eigenvalue weighted by molar-refractivity contribution is 6.12. The molecule has 0 fully saturated rings. The monoisotopic (exact) mass is 417 g/mol. The summed E-state index contributed by atoms with van der Waals surface area (Å²) < 4.78 is 30.4.